The van der Waals surface area contributed by atoms with Crippen LogP contribution in [0.25, 0.3) is 11.3 Å². The molecular formula is C13H8FNO2S. The van der Waals surface area contributed by atoms with Crippen LogP contribution in [-0.4, -0.2) is 6.26 Å². The van der Waals surface area contributed by atoms with E-state index in [4.69, 9.17) is 9.68 Å². The number of rotatable bonds is 2. The van der Waals surface area contributed by atoms with Crippen LogP contribution in [0.2, 0.25) is 0 Å². The molecule has 0 radical (unpaired) electrons. The molecule has 3 nitrogen and oxygen atoms in total. The molecule has 2 rings (SSSR count). The molecule has 18 heavy (non-hydrogen) atoms. The summed E-state index contributed by atoms with van der Waals surface area (Å²) in [6.07, 6.45) is 1.74. The summed E-state index contributed by atoms with van der Waals surface area (Å²) in [6.45, 7) is 0. The lowest BCUT2D eigenvalue weighted by atomic mass is 10.1. The second-order valence-corrected chi connectivity index (χ2v) is 4.28. The van der Waals surface area contributed by atoms with Gasteiger partial charge in [0.1, 0.15) is 17.6 Å². The summed E-state index contributed by atoms with van der Waals surface area (Å²) in [7, 11) is 0. The molecule has 0 fully saturated rings. The van der Waals surface area contributed by atoms with Crippen LogP contribution in [0.1, 0.15) is 5.56 Å². The quantitative estimate of drug-likeness (QED) is 0.780. The highest BCUT2D eigenvalue weighted by atomic mass is 32.2. The molecule has 0 atom stereocenters. The summed E-state index contributed by atoms with van der Waals surface area (Å²) in [6, 6.07) is 9.29. The van der Waals surface area contributed by atoms with Crippen molar-refractivity contribution in [3.63, 3.8) is 0 Å². The molecular weight excluding hydrogens is 253 g/mol. The van der Waals surface area contributed by atoms with E-state index in [1.807, 2.05) is 0 Å². The first-order chi connectivity index (χ1) is 8.67. The summed E-state index contributed by atoms with van der Waals surface area (Å²) in [4.78, 5) is 12.1. The van der Waals surface area contributed by atoms with E-state index in [0.717, 1.165) is 0 Å². The molecule has 1 aromatic heterocycles. The monoisotopic (exact) mass is 261 g/mol. The first kappa shape index (κ1) is 12.4. The Morgan fingerprint density at radius 2 is 2.11 bits per heavy atom. The molecule has 0 spiro atoms. The van der Waals surface area contributed by atoms with Crippen LogP contribution in [0.3, 0.4) is 0 Å². The zero-order valence-electron chi connectivity index (χ0n) is 9.44. The van der Waals surface area contributed by atoms with Crippen molar-refractivity contribution in [2.24, 2.45) is 0 Å². The van der Waals surface area contributed by atoms with E-state index in [1.54, 1.807) is 24.5 Å². The highest BCUT2D eigenvalue weighted by Gasteiger charge is 2.14. The zero-order chi connectivity index (χ0) is 13.1. The maximum atomic E-state index is 13.6. The second kappa shape index (κ2) is 5.07. The van der Waals surface area contributed by atoms with Crippen LogP contribution in [-0.2, 0) is 0 Å². The molecule has 0 saturated heterocycles. The van der Waals surface area contributed by atoms with E-state index in [2.05, 4.69) is 0 Å². The normalized spacial score (nSPS) is 10.1. The number of thioether (sulfide) groups is 1. The largest absolute Gasteiger partial charge is 0.422 e. The van der Waals surface area contributed by atoms with Crippen molar-refractivity contribution >= 4 is 11.8 Å². The molecule has 1 aromatic carbocycles. The second-order valence-electron chi connectivity index (χ2n) is 3.43. The van der Waals surface area contributed by atoms with Crippen molar-refractivity contribution in [3.05, 3.63) is 52.1 Å². The Balaban J connectivity index is 2.69. The van der Waals surface area contributed by atoms with Gasteiger partial charge in [-0.3, -0.25) is 0 Å². The minimum Gasteiger partial charge on any atom is -0.422 e. The molecule has 1 heterocycles. The Labute approximate surface area is 107 Å². The standard InChI is InChI=1S/C13H8FNO2S/c1-18-12-6-11(17-13(16)9(12)7-15)8-4-2-3-5-10(8)14/h2-6H,1H3. The molecule has 0 bridgehead atoms. The number of nitrogens with zero attached hydrogens (tertiary/aromatic N) is 1. The summed E-state index contributed by atoms with van der Waals surface area (Å²) >= 11 is 1.24. The Morgan fingerprint density at radius 1 is 1.39 bits per heavy atom. The number of hydrogen-bond donors (Lipinski definition) is 0. The predicted molar refractivity (Wildman–Crippen MR) is 66.9 cm³/mol. The van der Waals surface area contributed by atoms with E-state index < -0.39 is 11.4 Å². The van der Waals surface area contributed by atoms with Gasteiger partial charge in [-0.25, -0.2) is 9.18 Å². The van der Waals surface area contributed by atoms with Crippen LogP contribution in [0.15, 0.2) is 44.4 Å². The van der Waals surface area contributed by atoms with Gasteiger partial charge in [0.25, 0.3) is 0 Å². The lowest BCUT2D eigenvalue weighted by molar-refractivity contribution is 0.512. The van der Waals surface area contributed by atoms with Crippen molar-refractivity contribution in [2.45, 2.75) is 4.90 Å². The smallest absolute Gasteiger partial charge is 0.355 e. The first-order valence-electron chi connectivity index (χ1n) is 5.04. The maximum absolute atomic E-state index is 13.6. The summed E-state index contributed by atoms with van der Waals surface area (Å²) in [5.74, 6) is -0.348. The number of halogens is 1. The van der Waals surface area contributed by atoms with Gasteiger partial charge in [-0.2, -0.15) is 5.26 Å². The van der Waals surface area contributed by atoms with Crippen molar-refractivity contribution in [3.8, 4) is 17.4 Å². The van der Waals surface area contributed by atoms with Gasteiger partial charge in [-0.15, -0.1) is 11.8 Å². The van der Waals surface area contributed by atoms with Crippen LogP contribution >= 0.6 is 11.8 Å². The molecule has 0 amide bonds. The van der Waals surface area contributed by atoms with Crippen LogP contribution in [0.5, 0.6) is 0 Å². The molecule has 0 aliphatic heterocycles. The van der Waals surface area contributed by atoms with Crippen molar-refractivity contribution in [2.75, 3.05) is 6.26 Å². The van der Waals surface area contributed by atoms with E-state index >= 15 is 0 Å². The number of hydrogen-bond acceptors (Lipinski definition) is 4. The first-order valence-corrected chi connectivity index (χ1v) is 6.27. The van der Waals surface area contributed by atoms with E-state index in [1.165, 1.54) is 30.0 Å². The van der Waals surface area contributed by atoms with Gasteiger partial charge < -0.3 is 4.42 Å². The zero-order valence-corrected chi connectivity index (χ0v) is 10.3. The summed E-state index contributed by atoms with van der Waals surface area (Å²) < 4.78 is 18.6. The highest BCUT2D eigenvalue weighted by Crippen LogP contribution is 2.26. The Kier molecular flexibility index (Phi) is 3.49. The van der Waals surface area contributed by atoms with Gasteiger partial charge in [-0.1, -0.05) is 12.1 Å². The van der Waals surface area contributed by atoms with E-state index in [-0.39, 0.29) is 16.9 Å². The maximum Gasteiger partial charge on any atom is 0.355 e. The van der Waals surface area contributed by atoms with E-state index in [0.29, 0.717) is 4.90 Å². The van der Waals surface area contributed by atoms with Gasteiger partial charge in [0.05, 0.1) is 5.56 Å². The number of benzene rings is 1. The topological polar surface area (TPSA) is 54.0 Å². The van der Waals surface area contributed by atoms with Gasteiger partial charge in [-0.05, 0) is 24.5 Å². The van der Waals surface area contributed by atoms with Crippen LogP contribution < -0.4 is 5.63 Å². The fourth-order valence-corrected chi connectivity index (χ4v) is 2.09. The van der Waals surface area contributed by atoms with Gasteiger partial charge in [0.15, 0.2) is 5.56 Å². The molecule has 0 aliphatic carbocycles. The lowest BCUT2D eigenvalue weighted by Gasteiger charge is -2.04. The average molecular weight is 261 g/mol. The highest BCUT2D eigenvalue weighted by molar-refractivity contribution is 7.98. The number of nitriles is 1. The molecule has 5 heteroatoms. The van der Waals surface area contributed by atoms with Crippen molar-refractivity contribution in [1.29, 1.82) is 5.26 Å². The fraction of sp³-hybridized carbons (Fsp3) is 0.0769. The molecule has 0 N–H and O–H groups in total. The molecule has 2 aromatic rings. The third-order valence-electron chi connectivity index (χ3n) is 2.39. The third kappa shape index (κ3) is 2.15. The molecule has 0 saturated carbocycles. The summed E-state index contributed by atoms with van der Waals surface area (Å²) in [5, 5.41) is 8.85. The summed E-state index contributed by atoms with van der Waals surface area (Å²) in [5.41, 5.74) is -0.598. The van der Waals surface area contributed by atoms with Gasteiger partial charge >= 0.3 is 5.63 Å². The Hall–Kier alpha value is -2.06. The lowest BCUT2D eigenvalue weighted by Crippen LogP contribution is -2.06. The third-order valence-corrected chi connectivity index (χ3v) is 3.15. The minimum atomic E-state index is -0.748. The van der Waals surface area contributed by atoms with Gasteiger partial charge in [0, 0.05) is 4.90 Å². The SMILES string of the molecule is CSc1cc(-c2ccccc2F)oc(=O)c1C#N. The fourth-order valence-electron chi connectivity index (χ4n) is 1.53. The Bertz CT molecular complexity index is 688. The van der Waals surface area contributed by atoms with Crippen molar-refractivity contribution < 1.29 is 8.81 Å². The van der Waals surface area contributed by atoms with Crippen LogP contribution in [0, 0.1) is 17.1 Å². The molecule has 90 valence electrons. The van der Waals surface area contributed by atoms with Crippen LogP contribution in [0.4, 0.5) is 4.39 Å². The molecule has 0 unspecified atom stereocenters. The molecule has 0 aliphatic rings. The Morgan fingerprint density at radius 3 is 2.72 bits per heavy atom. The average Bonchev–Trinajstić information content (AvgIpc) is 2.38. The van der Waals surface area contributed by atoms with Gasteiger partial charge in [0.2, 0.25) is 0 Å². The minimum absolute atomic E-state index is 0.0532. The van der Waals surface area contributed by atoms with E-state index in [9.17, 15) is 9.18 Å². The van der Waals surface area contributed by atoms with Crippen molar-refractivity contribution in [1.82, 2.24) is 0 Å². The predicted octanol–water partition coefficient (Wildman–Crippen LogP) is 3.04.